The summed E-state index contributed by atoms with van der Waals surface area (Å²) >= 11 is 0. The van der Waals surface area contributed by atoms with Crippen LogP contribution in [0, 0.1) is 5.92 Å². The van der Waals surface area contributed by atoms with Gasteiger partial charge >= 0.3 is 0 Å². The average Bonchev–Trinajstić information content (AvgIpc) is 2.28. The minimum Gasteiger partial charge on any atom is -0.327 e. The molecule has 1 fully saturated rings. The van der Waals surface area contributed by atoms with Crippen molar-refractivity contribution >= 4 is 9.84 Å². The summed E-state index contributed by atoms with van der Waals surface area (Å²) in [4.78, 5) is 0. The zero-order valence-electron chi connectivity index (χ0n) is 10.5. The van der Waals surface area contributed by atoms with Crippen LogP contribution in [0.1, 0.15) is 52.4 Å². The van der Waals surface area contributed by atoms with Gasteiger partial charge in [-0.15, -0.1) is 0 Å². The van der Waals surface area contributed by atoms with E-state index in [4.69, 9.17) is 5.73 Å². The lowest BCUT2D eigenvalue weighted by atomic mass is 9.85. The Hall–Kier alpha value is -0.0900. The lowest BCUT2D eigenvalue weighted by molar-refractivity contribution is 0.317. The van der Waals surface area contributed by atoms with Gasteiger partial charge in [-0.25, -0.2) is 8.42 Å². The van der Waals surface area contributed by atoms with Gasteiger partial charge < -0.3 is 5.73 Å². The van der Waals surface area contributed by atoms with Crippen molar-refractivity contribution in [2.45, 2.75) is 63.7 Å². The van der Waals surface area contributed by atoms with Crippen molar-refractivity contribution in [3.05, 3.63) is 0 Å². The molecule has 2 N–H and O–H groups in total. The third-order valence-electron chi connectivity index (χ3n) is 3.87. The summed E-state index contributed by atoms with van der Waals surface area (Å²) in [5.41, 5.74) is 6.05. The monoisotopic (exact) mass is 247 g/mol. The molecule has 1 saturated carbocycles. The van der Waals surface area contributed by atoms with Crippen LogP contribution in [0.4, 0.5) is 0 Å². The lowest BCUT2D eigenvalue weighted by Crippen LogP contribution is -2.40. The number of hydrogen-bond donors (Lipinski definition) is 1. The molecule has 0 aliphatic heterocycles. The first-order valence-corrected chi connectivity index (χ1v) is 8.16. The fourth-order valence-electron chi connectivity index (χ4n) is 2.38. The van der Waals surface area contributed by atoms with Gasteiger partial charge in [0.05, 0.1) is 11.0 Å². The summed E-state index contributed by atoms with van der Waals surface area (Å²) in [5.74, 6) is 0.597. The molecule has 1 rings (SSSR count). The maximum absolute atomic E-state index is 11.9. The summed E-state index contributed by atoms with van der Waals surface area (Å²) in [6.07, 6.45) is 6.60. The molecule has 2 atom stereocenters. The van der Waals surface area contributed by atoms with Crippen LogP contribution < -0.4 is 5.73 Å². The Morgan fingerprint density at radius 2 is 1.81 bits per heavy atom. The van der Waals surface area contributed by atoms with Gasteiger partial charge in [0.25, 0.3) is 0 Å². The lowest BCUT2D eigenvalue weighted by Gasteiger charge is -2.28. The Morgan fingerprint density at radius 3 is 2.31 bits per heavy atom. The normalized spacial score (nSPS) is 22.9. The maximum atomic E-state index is 11.9. The molecule has 4 heteroatoms. The van der Waals surface area contributed by atoms with Crippen LogP contribution in [0.2, 0.25) is 0 Å². The van der Waals surface area contributed by atoms with Gasteiger partial charge in [-0.05, 0) is 32.1 Å². The summed E-state index contributed by atoms with van der Waals surface area (Å²) < 4.78 is 23.9. The fraction of sp³-hybridized carbons (Fsp3) is 1.00. The molecule has 1 aliphatic rings. The number of rotatable bonds is 5. The molecule has 0 aromatic heterocycles. The summed E-state index contributed by atoms with van der Waals surface area (Å²) in [7, 11) is -2.98. The van der Waals surface area contributed by atoms with E-state index < -0.39 is 9.84 Å². The molecular weight excluding hydrogens is 222 g/mol. The molecule has 0 aromatic carbocycles. The van der Waals surface area contributed by atoms with Crippen LogP contribution in [0.15, 0.2) is 0 Å². The SMILES string of the molecule is CCC(C)S(=O)(=O)CC(N)C1CCCCC1. The topological polar surface area (TPSA) is 60.2 Å². The third kappa shape index (κ3) is 3.74. The van der Waals surface area contributed by atoms with Crippen LogP contribution in [0.3, 0.4) is 0 Å². The smallest absolute Gasteiger partial charge is 0.154 e. The molecule has 0 saturated heterocycles. The van der Waals surface area contributed by atoms with E-state index in [1.807, 2.05) is 6.92 Å². The highest BCUT2D eigenvalue weighted by molar-refractivity contribution is 7.92. The number of nitrogens with two attached hydrogens (primary N) is 1. The summed E-state index contributed by atoms with van der Waals surface area (Å²) in [5, 5.41) is -0.248. The highest BCUT2D eigenvalue weighted by Crippen LogP contribution is 2.26. The van der Waals surface area contributed by atoms with Gasteiger partial charge in [-0.1, -0.05) is 26.2 Å². The van der Waals surface area contributed by atoms with Gasteiger partial charge in [0.1, 0.15) is 0 Å². The predicted octanol–water partition coefficient (Wildman–Crippen LogP) is 2.11. The van der Waals surface area contributed by atoms with E-state index in [1.165, 1.54) is 19.3 Å². The van der Waals surface area contributed by atoms with E-state index in [1.54, 1.807) is 6.92 Å². The predicted molar refractivity (Wildman–Crippen MR) is 68.1 cm³/mol. The van der Waals surface area contributed by atoms with Crippen LogP contribution in [0.25, 0.3) is 0 Å². The van der Waals surface area contributed by atoms with E-state index in [-0.39, 0.29) is 17.0 Å². The number of sulfone groups is 1. The second-order valence-electron chi connectivity index (χ2n) is 5.11. The molecule has 2 unspecified atom stereocenters. The largest absolute Gasteiger partial charge is 0.327 e. The minimum atomic E-state index is -2.98. The Kier molecular flexibility index (Phi) is 5.25. The highest BCUT2D eigenvalue weighted by Gasteiger charge is 2.27. The van der Waals surface area contributed by atoms with Crippen molar-refractivity contribution < 1.29 is 8.42 Å². The van der Waals surface area contributed by atoms with E-state index >= 15 is 0 Å². The average molecular weight is 247 g/mol. The van der Waals surface area contributed by atoms with E-state index in [0.29, 0.717) is 12.3 Å². The van der Waals surface area contributed by atoms with Crippen molar-refractivity contribution in [3.8, 4) is 0 Å². The quantitative estimate of drug-likeness (QED) is 0.809. The van der Waals surface area contributed by atoms with Gasteiger partial charge in [0.15, 0.2) is 9.84 Å². The maximum Gasteiger partial charge on any atom is 0.154 e. The summed E-state index contributed by atoms with van der Waals surface area (Å²) in [6.45, 7) is 3.69. The van der Waals surface area contributed by atoms with Gasteiger partial charge in [-0.2, -0.15) is 0 Å². The van der Waals surface area contributed by atoms with Crippen molar-refractivity contribution in [2.24, 2.45) is 11.7 Å². The molecule has 3 nitrogen and oxygen atoms in total. The Labute approximate surface area is 99.7 Å². The first-order chi connectivity index (χ1) is 7.47. The zero-order chi connectivity index (χ0) is 12.2. The van der Waals surface area contributed by atoms with Crippen molar-refractivity contribution in [2.75, 3.05) is 5.75 Å². The molecule has 0 aromatic rings. The van der Waals surface area contributed by atoms with E-state index in [2.05, 4.69) is 0 Å². The van der Waals surface area contributed by atoms with Crippen molar-refractivity contribution in [1.29, 1.82) is 0 Å². The Balaban J connectivity index is 2.52. The summed E-state index contributed by atoms with van der Waals surface area (Å²) in [6, 6.07) is -0.153. The van der Waals surface area contributed by atoms with Crippen LogP contribution in [0.5, 0.6) is 0 Å². The van der Waals surface area contributed by atoms with Crippen LogP contribution in [-0.2, 0) is 9.84 Å². The Morgan fingerprint density at radius 1 is 1.25 bits per heavy atom. The molecule has 0 heterocycles. The standard InChI is InChI=1S/C12H25NO2S/c1-3-10(2)16(14,15)9-12(13)11-7-5-4-6-8-11/h10-12H,3-9,13H2,1-2H3. The van der Waals surface area contributed by atoms with E-state index in [9.17, 15) is 8.42 Å². The third-order valence-corrected chi connectivity index (χ3v) is 6.28. The molecule has 0 radical (unpaired) electrons. The molecule has 0 spiro atoms. The molecule has 1 aliphatic carbocycles. The van der Waals surface area contributed by atoms with E-state index in [0.717, 1.165) is 12.8 Å². The fourth-order valence-corrected chi connectivity index (χ4v) is 4.03. The van der Waals surface area contributed by atoms with Crippen molar-refractivity contribution in [3.63, 3.8) is 0 Å². The molecule has 96 valence electrons. The molecule has 0 bridgehead atoms. The zero-order valence-corrected chi connectivity index (χ0v) is 11.3. The number of hydrogen-bond acceptors (Lipinski definition) is 3. The van der Waals surface area contributed by atoms with Gasteiger partial charge in [0.2, 0.25) is 0 Å². The minimum absolute atomic E-state index is 0.153. The first-order valence-electron chi connectivity index (χ1n) is 6.44. The first kappa shape index (κ1) is 14.0. The second kappa shape index (κ2) is 6.01. The van der Waals surface area contributed by atoms with Crippen LogP contribution in [-0.4, -0.2) is 25.5 Å². The van der Waals surface area contributed by atoms with Gasteiger partial charge in [-0.3, -0.25) is 0 Å². The van der Waals surface area contributed by atoms with Crippen molar-refractivity contribution in [1.82, 2.24) is 0 Å². The van der Waals surface area contributed by atoms with Crippen LogP contribution >= 0.6 is 0 Å². The Bertz CT molecular complexity index is 294. The second-order valence-corrected chi connectivity index (χ2v) is 7.57. The van der Waals surface area contributed by atoms with Gasteiger partial charge in [0, 0.05) is 6.04 Å². The highest BCUT2D eigenvalue weighted by atomic mass is 32.2. The molecular formula is C12H25NO2S. The molecule has 0 amide bonds. The molecule has 16 heavy (non-hydrogen) atoms.